The molecule has 2 nitrogen and oxygen atoms in total. The van der Waals surface area contributed by atoms with E-state index in [9.17, 15) is 5.11 Å². The van der Waals surface area contributed by atoms with E-state index in [1.807, 2.05) is 24.3 Å². The van der Waals surface area contributed by atoms with Gasteiger partial charge in [0.25, 0.3) is 0 Å². The second kappa shape index (κ2) is 5.80. The van der Waals surface area contributed by atoms with Gasteiger partial charge in [0.05, 0.1) is 6.61 Å². The van der Waals surface area contributed by atoms with E-state index in [4.69, 9.17) is 0 Å². The van der Waals surface area contributed by atoms with Crippen LogP contribution in [0.15, 0.2) is 41.8 Å². The van der Waals surface area contributed by atoms with Gasteiger partial charge in [-0.2, -0.15) is 0 Å². The molecule has 2 aromatic rings. The molecule has 84 valence electrons. The molecule has 0 atom stereocenters. The molecule has 1 aromatic heterocycles. The average molecular weight is 233 g/mol. The topological polar surface area (TPSA) is 32.3 Å². The predicted octanol–water partition coefficient (Wildman–Crippen LogP) is 2.53. The van der Waals surface area contributed by atoms with Crippen LogP contribution in [0.1, 0.15) is 16.0 Å². The molecule has 0 unspecified atom stereocenters. The fourth-order valence-corrected chi connectivity index (χ4v) is 2.29. The minimum Gasteiger partial charge on any atom is -0.392 e. The first-order valence-electron chi connectivity index (χ1n) is 5.31. The van der Waals surface area contributed by atoms with Gasteiger partial charge < -0.3 is 10.4 Å². The fraction of sp³-hybridized carbons (Fsp3) is 0.231. The molecule has 0 fully saturated rings. The minimum absolute atomic E-state index is 0.108. The van der Waals surface area contributed by atoms with Crippen LogP contribution < -0.4 is 5.32 Å². The van der Waals surface area contributed by atoms with Crippen molar-refractivity contribution in [2.45, 2.75) is 19.7 Å². The number of hydrogen-bond acceptors (Lipinski definition) is 3. The van der Waals surface area contributed by atoms with Gasteiger partial charge in [-0.25, -0.2) is 0 Å². The molecule has 0 aliphatic heterocycles. The summed E-state index contributed by atoms with van der Waals surface area (Å²) in [7, 11) is 0. The summed E-state index contributed by atoms with van der Waals surface area (Å²) in [5.74, 6) is 0. The first kappa shape index (κ1) is 11.3. The summed E-state index contributed by atoms with van der Waals surface area (Å²) in [4.78, 5) is 1.33. The first-order valence-corrected chi connectivity index (χ1v) is 6.19. The summed E-state index contributed by atoms with van der Waals surface area (Å²) < 4.78 is 0. The van der Waals surface area contributed by atoms with E-state index in [0.29, 0.717) is 0 Å². The summed E-state index contributed by atoms with van der Waals surface area (Å²) in [6, 6.07) is 12.1. The number of aliphatic hydroxyl groups excluding tert-OH is 1. The van der Waals surface area contributed by atoms with Crippen molar-refractivity contribution in [2.24, 2.45) is 0 Å². The maximum absolute atomic E-state index is 9.18. The highest BCUT2D eigenvalue weighted by Gasteiger charge is 2.00. The largest absolute Gasteiger partial charge is 0.392 e. The van der Waals surface area contributed by atoms with Crippen LogP contribution in [-0.4, -0.2) is 5.11 Å². The summed E-state index contributed by atoms with van der Waals surface area (Å²) in [6.45, 7) is 1.79. The van der Waals surface area contributed by atoms with Crippen LogP contribution in [0, 0.1) is 0 Å². The zero-order valence-corrected chi connectivity index (χ0v) is 9.83. The molecule has 3 heteroatoms. The highest BCUT2D eigenvalue weighted by Crippen LogP contribution is 2.10. The van der Waals surface area contributed by atoms with Gasteiger partial charge in [0.1, 0.15) is 0 Å². The van der Waals surface area contributed by atoms with Crippen molar-refractivity contribution in [2.75, 3.05) is 0 Å². The Morgan fingerprint density at radius 2 is 1.81 bits per heavy atom. The van der Waals surface area contributed by atoms with Crippen molar-refractivity contribution >= 4 is 11.3 Å². The normalized spacial score (nSPS) is 10.6. The predicted molar refractivity (Wildman–Crippen MR) is 67.2 cm³/mol. The van der Waals surface area contributed by atoms with Crippen LogP contribution in [0.5, 0.6) is 0 Å². The van der Waals surface area contributed by atoms with Crippen LogP contribution in [0.4, 0.5) is 0 Å². The number of nitrogens with one attached hydrogen (secondary N) is 1. The molecular formula is C13H15NOS. The van der Waals surface area contributed by atoms with Crippen molar-refractivity contribution in [1.82, 2.24) is 5.32 Å². The van der Waals surface area contributed by atoms with Crippen LogP contribution in [-0.2, 0) is 19.7 Å². The lowest BCUT2D eigenvalue weighted by atomic mass is 10.1. The number of rotatable bonds is 5. The Balaban J connectivity index is 1.89. The maximum Gasteiger partial charge on any atom is 0.0685 e. The van der Waals surface area contributed by atoms with Crippen LogP contribution in [0.3, 0.4) is 0 Å². The maximum atomic E-state index is 9.18. The molecule has 0 aliphatic rings. The molecule has 1 heterocycles. The molecule has 0 aliphatic carbocycles. The lowest BCUT2D eigenvalue weighted by molar-refractivity contribution is 0.280. The van der Waals surface area contributed by atoms with E-state index in [1.165, 1.54) is 10.4 Å². The Morgan fingerprint density at radius 1 is 1.00 bits per heavy atom. The van der Waals surface area contributed by atoms with Crippen molar-refractivity contribution in [3.8, 4) is 0 Å². The first-order chi connectivity index (χ1) is 7.90. The second-order valence-electron chi connectivity index (χ2n) is 3.61. The van der Waals surface area contributed by atoms with Gasteiger partial charge in [-0.3, -0.25) is 0 Å². The number of thiophene rings is 1. The summed E-state index contributed by atoms with van der Waals surface area (Å²) in [6.07, 6.45) is 0. The molecule has 2 N–H and O–H groups in total. The molecular weight excluding hydrogens is 218 g/mol. The van der Waals surface area contributed by atoms with E-state index < -0.39 is 0 Å². The third kappa shape index (κ3) is 2.92. The van der Waals surface area contributed by atoms with Gasteiger partial charge in [0, 0.05) is 18.0 Å². The minimum atomic E-state index is 0.108. The van der Waals surface area contributed by atoms with Gasteiger partial charge in [-0.15, -0.1) is 11.3 Å². The number of hydrogen-bond donors (Lipinski definition) is 2. The van der Waals surface area contributed by atoms with Gasteiger partial charge in [0.2, 0.25) is 0 Å². The fourth-order valence-electron chi connectivity index (χ4n) is 1.62. The standard InChI is InChI=1S/C13H15NOS/c15-10-12-5-2-1-4-11(12)8-14-9-13-6-3-7-16-13/h1-7,14-15H,8-10H2. The van der Waals surface area contributed by atoms with E-state index in [0.717, 1.165) is 18.7 Å². The van der Waals surface area contributed by atoms with E-state index >= 15 is 0 Å². The Morgan fingerprint density at radius 3 is 2.50 bits per heavy atom. The number of aliphatic hydroxyl groups is 1. The molecule has 0 bridgehead atoms. The molecule has 1 aromatic carbocycles. The Bertz CT molecular complexity index is 425. The molecule has 0 saturated carbocycles. The molecule has 0 radical (unpaired) electrons. The zero-order valence-electron chi connectivity index (χ0n) is 9.02. The van der Waals surface area contributed by atoms with Crippen molar-refractivity contribution in [1.29, 1.82) is 0 Å². The number of benzene rings is 1. The van der Waals surface area contributed by atoms with Crippen LogP contribution >= 0.6 is 11.3 Å². The van der Waals surface area contributed by atoms with Crippen molar-refractivity contribution < 1.29 is 5.11 Å². The van der Waals surface area contributed by atoms with Crippen LogP contribution in [0.2, 0.25) is 0 Å². The van der Waals surface area contributed by atoms with Crippen LogP contribution in [0.25, 0.3) is 0 Å². The SMILES string of the molecule is OCc1ccccc1CNCc1cccs1. The third-order valence-corrected chi connectivity index (χ3v) is 3.36. The summed E-state index contributed by atoms with van der Waals surface area (Å²) >= 11 is 1.76. The highest BCUT2D eigenvalue weighted by molar-refractivity contribution is 7.09. The zero-order chi connectivity index (χ0) is 11.2. The average Bonchev–Trinajstić information content (AvgIpc) is 2.83. The molecule has 0 saturated heterocycles. The molecule has 0 spiro atoms. The van der Waals surface area contributed by atoms with Gasteiger partial charge in [0.15, 0.2) is 0 Å². The van der Waals surface area contributed by atoms with E-state index in [-0.39, 0.29) is 6.61 Å². The Kier molecular flexibility index (Phi) is 4.10. The molecule has 2 rings (SSSR count). The van der Waals surface area contributed by atoms with Crippen molar-refractivity contribution in [3.05, 3.63) is 57.8 Å². The smallest absolute Gasteiger partial charge is 0.0685 e. The lowest BCUT2D eigenvalue weighted by Crippen LogP contribution is -2.13. The van der Waals surface area contributed by atoms with Gasteiger partial charge >= 0.3 is 0 Å². The monoisotopic (exact) mass is 233 g/mol. The Labute approximate surface area is 99.6 Å². The van der Waals surface area contributed by atoms with Gasteiger partial charge in [-0.1, -0.05) is 30.3 Å². The molecule has 0 amide bonds. The van der Waals surface area contributed by atoms with Gasteiger partial charge in [-0.05, 0) is 22.6 Å². The van der Waals surface area contributed by atoms with Crippen molar-refractivity contribution in [3.63, 3.8) is 0 Å². The highest BCUT2D eigenvalue weighted by atomic mass is 32.1. The summed E-state index contributed by atoms with van der Waals surface area (Å²) in [5.41, 5.74) is 2.17. The van der Waals surface area contributed by atoms with E-state index in [1.54, 1.807) is 11.3 Å². The lowest BCUT2D eigenvalue weighted by Gasteiger charge is -2.07. The molecule has 16 heavy (non-hydrogen) atoms. The van der Waals surface area contributed by atoms with E-state index in [2.05, 4.69) is 22.8 Å². The summed E-state index contributed by atoms with van der Waals surface area (Å²) in [5, 5.41) is 14.6. The second-order valence-corrected chi connectivity index (χ2v) is 4.64. The quantitative estimate of drug-likeness (QED) is 0.831. The third-order valence-electron chi connectivity index (χ3n) is 2.48. The Hall–Kier alpha value is -1.16.